The van der Waals surface area contributed by atoms with Gasteiger partial charge in [0.15, 0.2) is 0 Å². The summed E-state index contributed by atoms with van der Waals surface area (Å²) in [5.74, 6) is 2.87. The van der Waals surface area contributed by atoms with Crippen LogP contribution < -0.4 is 4.74 Å². The zero-order valence-electron chi connectivity index (χ0n) is 15.5. The van der Waals surface area contributed by atoms with E-state index in [2.05, 4.69) is 23.8 Å². The highest BCUT2D eigenvalue weighted by molar-refractivity contribution is 5.30. The van der Waals surface area contributed by atoms with Crippen molar-refractivity contribution in [3.8, 4) is 5.75 Å². The topological polar surface area (TPSA) is 9.23 Å². The second kappa shape index (κ2) is 8.49. The van der Waals surface area contributed by atoms with Crippen LogP contribution in [0.1, 0.15) is 69.8 Å². The molecule has 0 amide bonds. The predicted octanol–water partition coefficient (Wildman–Crippen LogP) is 7.24. The Bertz CT molecular complexity index is 590. The molecule has 0 saturated heterocycles. The average Bonchev–Trinajstić information content (AvgIpc) is 2.61. The minimum atomic E-state index is -4.62. The lowest BCUT2D eigenvalue weighted by Gasteiger charge is -2.42. The van der Waals surface area contributed by atoms with E-state index in [9.17, 15) is 13.2 Å². The van der Waals surface area contributed by atoms with Gasteiger partial charge in [0, 0.05) is 0 Å². The summed E-state index contributed by atoms with van der Waals surface area (Å²) in [5, 5.41) is 0. The van der Waals surface area contributed by atoms with E-state index in [0.717, 1.165) is 29.7 Å². The molecular weight excluding hydrogens is 337 g/mol. The summed E-state index contributed by atoms with van der Waals surface area (Å²) in [5.41, 5.74) is 1.16. The van der Waals surface area contributed by atoms with Crippen LogP contribution in [-0.4, -0.2) is 6.36 Å². The highest BCUT2D eigenvalue weighted by Gasteiger charge is 2.36. The molecule has 2 aliphatic rings. The number of rotatable bonds is 5. The Hall–Kier alpha value is -1.45. The van der Waals surface area contributed by atoms with Crippen molar-refractivity contribution in [1.29, 1.82) is 0 Å². The van der Waals surface area contributed by atoms with E-state index in [0.29, 0.717) is 5.92 Å². The number of fused-ring (bicyclic) bond motifs is 1. The first-order valence-corrected chi connectivity index (χ1v) is 9.91. The lowest BCUT2D eigenvalue weighted by Crippen LogP contribution is -2.30. The second-order valence-electron chi connectivity index (χ2n) is 7.97. The first kappa shape index (κ1) is 19.3. The number of allylic oxidation sites excluding steroid dienone is 2. The third-order valence-electron chi connectivity index (χ3n) is 6.28. The lowest BCUT2D eigenvalue weighted by atomic mass is 9.63. The van der Waals surface area contributed by atoms with Gasteiger partial charge in [-0.3, -0.25) is 0 Å². The third kappa shape index (κ3) is 5.28. The van der Waals surface area contributed by atoms with Crippen molar-refractivity contribution < 1.29 is 17.9 Å². The molecule has 0 heterocycles. The monoisotopic (exact) mass is 366 g/mol. The van der Waals surface area contributed by atoms with Crippen LogP contribution in [0, 0.1) is 17.8 Å². The number of ether oxygens (including phenoxy) is 1. The molecule has 1 aromatic carbocycles. The zero-order chi connectivity index (χ0) is 18.6. The highest BCUT2D eigenvalue weighted by atomic mass is 19.4. The van der Waals surface area contributed by atoms with Crippen molar-refractivity contribution in [2.45, 2.75) is 70.6 Å². The van der Waals surface area contributed by atoms with E-state index in [4.69, 9.17) is 0 Å². The maximum atomic E-state index is 12.3. The van der Waals surface area contributed by atoms with Crippen LogP contribution in [0.5, 0.6) is 5.75 Å². The Morgan fingerprint density at radius 3 is 2.38 bits per heavy atom. The molecule has 2 fully saturated rings. The highest BCUT2D eigenvalue weighted by Crippen LogP contribution is 2.48. The molecule has 4 atom stereocenters. The van der Waals surface area contributed by atoms with Gasteiger partial charge in [-0.25, -0.2) is 0 Å². The van der Waals surface area contributed by atoms with Gasteiger partial charge in [-0.15, -0.1) is 13.2 Å². The SMILES string of the molecule is CC=CCCC1CCC2CC(c3ccc(OC(F)(F)F)cc3)CCC2C1. The van der Waals surface area contributed by atoms with Gasteiger partial charge in [0.1, 0.15) is 5.75 Å². The van der Waals surface area contributed by atoms with Crippen molar-refractivity contribution in [3.05, 3.63) is 42.0 Å². The first-order chi connectivity index (χ1) is 12.4. The first-order valence-electron chi connectivity index (χ1n) is 9.91. The van der Waals surface area contributed by atoms with Crippen molar-refractivity contribution >= 4 is 0 Å². The summed E-state index contributed by atoms with van der Waals surface area (Å²) in [6.07, 6.45) is 9.94. The van der Waals surface area contributed by atoms with Crippen molar-refractivity contribution in [2.24, 2.45) is 17.8 Å². The number of halogens is 3. The fraction of sp³-hybridized carbons (Fsp3) is 0.636. The summed E-state index contributed by atoms with van der Waals surface area (Å²) in [6.45, 7) is 2.08. The van der Waals surface area contributed by atoms with Crippen LogP contribution in [-0.2, 0) is 0 Å². The van der Waals surface area contributed by atoms with E-state index in [1.54, 1.807) is 0 Å². The maximum absolute atomic E-state index is 12.3. The molecule has 1 nitrogen and oxygen atoms in total. The molecule has 2 aliphatic carbocycles. The molecule has 0 bridgehead atoms. The van der Waals surface area contributed by atoms with Crippen molar-refractivity contribution in [2.75, 3.05) is 0 Å². The number of benzene rings is 1. The molecule has 0 aliphatic heterocycles. The molecule has 0 N–H and O–H groups in total. The quantitative estimate of drug-likeness (QED) is 0.499. The minimum Gasteiger partial charge on any atom is -0.406 e. The van der Waals surface area contributed by atoms with Crippen molar-refractivity contribution in [3.63, 3.8) is 0 Å². The van der Waals surface area contributed by atoms with Gasteiger partial charge >= 0.3 is 6.36 Å². The summed E-state index contributed by atoms with van der Waals surface area (Å²) in [4.78, 5) is 0. The van der Waals surface area contributed by atoms with Crippen LogP contribution in [0.25, 0.3) is 0 Å². The van der Waals surface area contributed by atoms with Crippen LogP contribution in [0.15, 0.2) is 36.4 Å². The molecule has 26 heavy (non-hydrogen) atoms. The van der Waals surface area contributed by atoms with Gasteiger partial charge in [0.05, 0.1) is 0 Å². The van der Waals surface area contributed by atoms with Crippen LogP contribution in [0.2, 0.25) is 0 Å². The maximum Gasteiger partial charge on any atom is 0.573 e. The van der Waals surface area contributed by atoms with E-state index in [1.165, 1.54) is 57.1 Å². The molecule has 4 unspecified atom stereocenters. The Kier molecular flexibility index (Phi) is 6.31. The summed E-state index contributed by atoms with van der Waals surface area (Å²) in [6, 6.07) is 6.53. The Morgan fingerprint density at radius 2 is 1.69 bits per heavy atom. The minimum absolute atomic E-state index is 0.128. The predicted molar refractivity (Wildman–Crippen MR) is 98.1 cm³/mol. The molecular formula is C22H29F3O. The molecule has 0 aromatic heterocycles. The number of hydrogen-bond acceptors (Lipinski definition) is 1. The van der Waals surface area contributed by atoms with E-state index < -0.39 is 6.36 Å². The third-order valence-corrected chi connectivity index (χ3v) is 6.28. The average molecular weight is 366 g/mol. The van der Waals surface area contributed by atoms with Gasteiger partial charge in [0.2, 0.25) is 0 Å². The van der Waals surface area contributed by atoms with Crippen molar-refractivity contribution in [1.82, 2.24) is 0 Å². The standard InChI is InChI=1S/C22H29F3O/c1-2-3-4-5-16-6-7-20-15-19(9-8-18(20)14-16)17-10-12-21(13-11-17)26-22(23,24)25/h2-3,10-13,16,18-20H,4-9,14-15H2,1H3. The van der Waals surface area contributed by atoms with Gasteiger partial charge in [-0.2, -0.15) is 0 Å². The second-order valence-corrected chi connectivity index (χ2v) is 7.97. The van der Waals surface area contributed by atoms with Crippen LogP contribution >= 0.6 is 0 Å². The lowest BCUT2D eigenvalue weighted by molar-refractivity contribution is -0.274. The van der Waals surface area contributed by atoms with Gasteiger partial charge < -0.3 is 4.74 Å². The van der Waals surface area contributed by atoms with Gasteiger partial charge in [0.25, 0.3) is 0 Å². The molecule has 144 valence electrons. The fourth-order valence-corrected chi connectivity index (χ4v) is 4.99. The van der Waals surface area contributed by atoms with Crippen LogP contribution in [0.3, 0.4) is 0 Å². The Balaban J connectivity index is 1.53. The van der Waals surface area contributed by atoms with E-state index >= 15 is 0 Å². The molecule has 3 rings (SSSR count). The fourth-order valence-electron chi connectivity index (χ4n) is 4.99. The molecule has 2 saturated carbocycles. The Labute approximate surface area is 154 Å². The normalized spacial score (nSPS) is 29.5. The molecule has 0 radical (unpaired) electrons. The molecule has 4 heteroatoms. The van der Waals surface area contributed by atoms with Crippen LogP contribution in [0.4, 0.5) is 13.2 Å². The van der Waals surface area contributed by atoms with Gasteiger partial charge in [-0.1, -0.05) is 30.7 Å². The van der Waals surface area contributed by atoms with Gasteiger partial charge in [-0.05, 0) is 93.2 Å². The molecule has 1 aromatic rings. The largest absolute Gasteiger partial charge is 0.573 e. The summed E-state index contributed by atoms with van der Waals surface area (Å²) >= 11 is 0. The Morgan fingerprint density at radius 1 is 1.00 bits per heavy atom. The van der Waals surface area contributed by atoms with E-state index in [1.807, 2.05) is 12.1 Å². The zero-order valence-corrected chi connectivity index (χ0v) is 15.5. The summed E-state index contributed by atoms with van der Waals surface area (Å²) in [7, 11) is 0. The summed E-state index contributed by atoms with van der Waals surface area (Å²) < 4.78 is 40.8. The number of hydrogen-bond donors (Lipinski definition) is 0. The smallest absolute Gasteiger partial charge is 0.406 e. The van der Waals surface area contributed by atoms with E-state index in [-0.39, 0.29) is 5.75 Å². The number of alkyl halides is 3. The molecule has 0 spiro atoms.